The van der Waals surface area contributed by atoms with Crippen molar-refractivity contribution in [1.82, 2.24) is 10.3 Å². The fourth-order valence-corrected chi connectivity index (χ4v) is 4.93. The molecule has 4 rings (SSSR count). The van der Waals surface area contributed by atoms with Crippen LogP contribution >= 0.6 is 0 Å². The normalized spacial score (nSPS) is 15.8. The van der Waals surface area contributed by atoms with Crippen molar-refractivity contribution in [3.63, 3.8) is 0 Å². The summed E-state index contributed by atoms with van der Waals surface area (Å²) in [6, 6.07) is 16.5. The average molecular weight is 490 g/mol. The zero-order valence-electron chi connectivity index (χ0n) is 20.6. The number of aromatic nitrogens is 1. The molecule has 2 aromatic carbocycles. The van der Waals surface area contributed by atoms with E-state index in [1.54, 1.807) is 30.5 Å². The van der Waals surface area contributed by atoms with Crippen molar-refractivity contribution in [2.24, 2.45) is 5.92 Å². The predicted molar refractivity (Wildman–Crippen MR) is 139 cm³/mol. The number of amides is 1. The van der Waals surface area contributed by atoms with Gasteiger partial charge in [0.05, 0.1) is 6.20 Å². The summed E-state index contributed by atoms with van der Waals surface area (Å²) in [5, 5.41) is 18.0. The number of rotatable bonds is 12. The molecule has 7 nitrogen and oxygen atoms in total. The van der Waals surface area contributed by atoms with E-state index < -0.39 is 5.60 Å². The van der Waals surface area contributed by atoms with E-state index in [2.05, 4.69) is 15.6 Å². The van der Waals surface area contributed by atoms with Crippen LogP contribution in [-0.2, 0) is 16.8 Å². The van der Waals surface area contributed by atoms with Gasteiger partial charge in [-0.3, -0.25) is 9.59 Å². The monoisotopic (exact) mass is 489 g/mol. The molecule has 190 valence electrons. The predicted octanol–water partition coefficient (Wildman–Crippen LogP) is 4.85. The van der Waals surface area contributed by atoms with Gasteiger partial charge in [0.2, 0.25) is 11.8 Å². The van der Waals surface area contributed by atoms with E-state index in [4.69, 9.17) is 4.42 Å². The largest absolute Gasteiger partial charge is 0.442 e. The maximum atomic E-state index is 12.1. The molecule has 1 aliphatic carbocycles. The number of aldehydes is 1. The van der Waals surface area contributed by atoms with Gasteiger partial charge >= 0.3 is 0 Å². The number of oxazole rings is 1. The molecule has 1 aromatic heterocycles. The number of hydrogen-bond acceptors (Lipinski definition) is 6. The first-order valence-corrected chi connectivity index (χ1v) is 12.9. The van der Waals surface area contributed by atoms with Crippen molar-refractivity contribution in [1.29, 1.82) is 0 Å². The first-order chi connectivity index (χ1) is 17.6. The number of nitrogens with zero attached hydrogens (tertiary/aromatic N) is 1. The average Bonchev–Trinajstić information content (AvgIpc) is 3.41. The minimum Gasteiger partial charge on any atom is -0.442 e. The van der Waals surface area contributed by atoms with E-state index in [1.807, 2.05) is 30.3 Å². The second-order valence-electron chi connectivity index (χ2n) is 9.49. The van der Waals surface area contributed by atoms with Gasteiger partial charge in [-0.25, -0.2) is 4.98 Å². The maximum absolute atomic E-state index is 12.1. The number of anilines is 1. The van der Waals surface area contributed by atoms with Crippen LogP contribution in [0.5, 0.6) is 0 Å². The fraction of sp³-hybridized carbons (Fsp3) is 0.414. The van der Waals surface area contributed by atoms with Gasteiger partial charge in [-0.05, 0) is 55.6 Å². The minimum atomic E-state index is -1.21. The lowest BCUT2D eigenvalue weighted by atomic mass is 9.73. The summed E-state index contributed by atoms with van der Waals surface area (Å²) < 4.78 is 6.11. The quantitative estimate of drug-likeness (QED) is 0.248. The third-order valence-corrected chi connectivity index (χ3v) is 6.93. The Hall–Kier alpha value is -3.29. The standard InChI is InChI=1S/C29H35N3O4/c33-21-22-13-15-25(16-14-22)32-27(34)17-19-30-18-7-12-26-20-31-28(36-26)29(35,23-8-3-1-4-9-23)24-10-5-2-6-11-24/h1,3-4,8-9,13-16,20-21,24,30,35H,2,5-7,10-12,17-19H2,(H,32,34)/t29-/m0/s1. The molecule has 7 heteroatoms. The molecule has 0 unspecified atom stereocenters. The van der Waals surface area contributed by atoms with Crippen LogP contribution in [0, 0.1) is 5.92 Å². The number of carbonyl (C=O) groups excluding carboxylic acids is 2. The van der Waals surface area contributed by atoms with Gasteiger partial charge in [0.25, 0.3) is 0 Å². The maximum Gasteiger partial charge on any atom is 0.231 e. The Morgan fingerprint density at radius 3 is 2.53 bits per heavy atom. The van der Waals surface area contributed by atoms with E-state index in [-0.39, 0.29) is 11.8 Å². The molecule has 1 saturated carbocycles. The van der Waals surface area contributed by atoms with E-state index in [1.165, 1.54) is 6.42 Å². The van der Waals surface area contributed by atoms with Crippen LogP contribution in [-0.4, -0.2) is 35.4 Å². The van der Waals surface area contributed by atoms with E-state index in [0.29, 0.717) is 36.5 Å². The number of benzene rings is 2. The molecule has 1 heterocycles. The number of hydrogen-bond donors (Lipinski definition) is 3. The summed E-state index contributed by atoms with van der Waals surface area (Å²) in [4.78, 5) is 27.3. The lowest BCUT2D eigenvalue weighted by molar-refractivity contribution is -0.116. The molecule has 36 heavy (non-hydrogen) atoms. The Balaban J connectivity index is 1.24. The van der Waals surface area contributed by atoms with Crippen LogP contribution in [0.3, 0.4) is 0 Å². The van der Waals surface area contributed by atoms with Gasteiger partial charge in [0, 0.05) is 36.6 Å². The van der Waals surface area contributed by atoms with E-state index in [0.717, 1.165) is 56.3 Å². The smallest absolute Gasteiger partial charge is 0.231 e. The second kappa shape index (κ2) is 12.6. The molecule has 0 radical (unpaired) electrons. The Kier molecular flexibility index (Phi) is 9.03. The van der Waals surface area contributed by atoms with Crippen molar-refractivity contribution in [2.45, 2.75) is 57.0 Å². The van der Waals surface area contributed by atoms with Gasteiger partial charge in [0.1, 0.15) is 12.0 Å². The first-order valence-electron chi connectivity index (χ1n) is 12.9. The summed E-state index contributed by atoms with van der Waals surface area (Å²) in [6.07, 6.45) is 9.75. The summed E-state index contributed by atoms with van der Waals surface area (Å²) in [5.41, 5.74) is 0.881. The Morgan fingerprint density at radius 1 is 1.06 bits per heavy atom. The van der Waals surface area contributed by atoms with Gasteiger partial charge in [-0.2, -0.15) is 0 Å². The Morgan fingerprint density at radius 2 is 1.81 bits per heavy atom. The van der Waals surface area contributed by atoms with Gasteiger partial charge in [0.15, 0.2) is 5.60 Å². The summed E-state index contributed by atoms with van der Waals surface area (Å²) in [5.74, 6) is 1.16. The summed E-state index contributed by atoms with van der Waals surface area (Å²) in [6.45, 7) is 1.30. The van der Waals surface area contributed by atoms with Crippen molar-refractivity contribution in [3.8, 4) is 0 Å². The number of nitrogens with one attached hydrogen (secondary N) is 2. The molecule has 0 saturated heterocycles. The van der Waals surface area contributed by atoms with Crippen molar-refractivity contribution >= 4 is 17.9 Å². The molecule has 3 aromatic rings. The third-order valence-electron chi connectivity index (χ3n) is 6.93. The number of carbonyl (C=O) groups is 2. The molecule has 1 amide bonds. The molecule has 1 aliphatic rings. The molecule has 0 aliphatic heterocycles. The molecule has 1 fully saturated rings. The highest BCUT2D eigenvalue weighted by Crippen LogP contribution is 2.43. The van der Waals surface area contributed by atoms with E-state index >= 15 is 0 Å². The van der Waals surface area contributed by atoms with Crippen molar-refractivity contribution < 1.29 is 19.1 Å². The van der Waals surface area contributed by atoms with Crippen LogP contribution in [0.1, 0.15) is 72.5 Å². The van der Waals surface area contributed by atoms with Crippen LogP contribution in [0.15, 0.2) is 65.2 Å². The Bertz CT molecular complexity index is 1110. The molecular formula is C29H35N3O4. The zero-order chi connectivity index (χ0) is 25.2. The first kappa shape index (κ1) is 25.8. The Labute approximate surface area is 212 Å². The lowest BCUT2D eigenvalue weighted by Gasteiger charge is -2.36. The van der Waals surface area contributed by atoms with Crippen molar-refractivity contribution in [3.05, 3.63) is 83.6 Å². The third kappa shape index (κ3) is 6.47. The van der Waals surface area contributed by atoms with Crippen molar-refractivity contribution in [2.75, 3.05) is 18.4 Å². The molecule has 0 bridgehead atoms. The highest BCUT2D eigenvalue weighted by Gasteiger charge is 2.44. The second-order valence-corrected chi connectivity index (χ2v) is 9.49. The number of aliphatic hydroxyl groups is 1. The van der Waals surface area contributed by atoms with Gasteiger partial charge in [-0.15, -0.1) is 0 Å². The summed E-state index contributed by atoms with van der Waals surface area (Å²) in [7, 11) is 0. The van der Waals surface area contributed by atoms with E-state index in [9.17, 15) is 14.7 Å². The fourth-order valence-electron chi connectivity index (χ4n) is 4.93. The molecule has 3 N–H and O–H groups in total. The van der Waals surface area contributed by atoms with Gasteiger partial charge < -0.3 is 20.2 Å². The summed E-state index contributed by atoms with van der Waals surface area (Å²) >= 11 is 0. The highest BCUT2D eigenvalue weighted by atomic mass is 16.4. The lowest BCUT2D eigenvalue weighted by Crippen LogP contribution is -2.38. The zero-order valence-corrected chi connectivity index (χ0v) is 20.6. The topological polar surface area (TPSA) is 104 Å². The molecule has 1 atom stereocenters. The van der Waals surface area contributed by atoms with Crippen LogP contribution in [0.25, 0.3) is 0 Å². The SMILES string of the molecule is O=Cc1ccc(NC(=O)CCNCCCc2cnc([C@](O)(c3ccccc3)C3CCCCC3)o2)cc1. The van der Waals surface area contributed by atoms with Crippen LogP contribution < -0.4 is 10.6 Å². The molecule has 0 spiro atoms. The minimum absolute atomic E-state index is 0.0795. The molecular weight excluding hydrogens is 454 g/mol. The van der Waals surface area contributed by atoms with Gasteiger partial charge in [-0.1, -0.05) is 49.6 Å². The van der Waals surface area contributed by atoms with Crippen LogP contribution in [0.4, 0.5) is 5.69 Å². The van der Waals surface area contributed by atoms with Crippen LogP contribution in [0.2, 0.25) is 0 Å². The number of aryl methyl sites for hydroxylation is 1. The highest BCUT2D eigenvalue weighted by molar-refractivity contribution is 5.91.